The van der Waals surface area contributed by atoms with Crippen molar-refractivity contribution in [2.24, 2.45) is 5.92 Å². The van der Waals surface area contributed by atoms with Crippen LogP contribution in [0.2, 0.25) is 0 Å². The van der Waals surface area contributed by atoms with Gasteiger partial charge in [-0.2, -0.15) is 0 Å². The number of hydrogen-bond acceptors (Lipinski definition) is 4. The summed E-state index contributed by atoms with van der Waals surface area (Å²) in [5.74, 6) is 0.649. The van der Waals surface area contributed by atoms with Crippen molar-refractivity contribution in [3.8, 4) is 0 Å². The van der Waals surface area contributed by atoms with Crippen LogP contribution in [-0.4, -0.2) is 22.3 Å². The first-order chi connectivity index (χ1) is 7.13. The quantitative estimate of drug-likeness (QED) is 0.616. The van der Waals surface area contributed by atoms with Gasteiger partial charge < -0.3 is 5.32 Å². The maximum atomic E-state index is 4.33. The van der Waals surface area contributed by atoms with Crippen LogP contribution in [0, 0.1) is 5.92 Å². The van der Waals surface area contributed by atoms with Crippen molar-refractivity contribution in [2.45, 2.75) is 37.7 Å². The van der Waals surface area contributed by atoms with E-state index < -0.39 is 0 Å². The highest BCUT2D eigenvalue weighted by molar-refractivity contribution is 7.99. The third-order valence-corrected chi connectivity index (χ3v) is 3.63. The molecule has 0 bridgehead atoms. The second kappa shape index (κ2) is 6.08. The predicted octanol–water partition coefficient (Wildman–Crippen LogP) is 2.33. The van der Waals surface area contributed by atoms with Gasteiger partial charge in [0.15, 0.2) is 5.16 Å². The summed E-state index contributed by atoms with van der Waals surface area (Å²) in [4.78, 5) is 8.66. The van der Waals surface area contributed by atoms with E-state index in [0.29, 0.717) is 11.2 Å². The zero-order valence-electron chi connectivity index (χ0n) is 9.82. The zero-order chi connectivity index (χ0) is 11.3. The monoisotopic (exact) mass is 225 g/mol. The maximum Gasteiger partial charge on any atom is 0.187 e. The van der Waals surface area contributed by atoms with Crippen molar-refractivity contribution < 1.29 is 0 Å². The summed E-state index contributed by atoms with van der Waals surface area (Å²) in [5, 5.41) is 4.50. The number of nitrogens with one attached hydrogen (secondary N) is 1. The Kier molecular flexibility index (Phi) is 5.05. The van der Waals surface area contributed by atoms with Crippen LogP contribution in [0.5, 0.6) is 0 Å². The smallest absolute Gasteiger partial charge is 0.187 e. The van der Waals surface area contributed by atoms with Gasteiger partial charge in [0.1, 0.15) is 0 Å². The Morgan fingerprint density at radius 1 is 1.27 bits per heavy atom. The molecule has 0 aliphatic heterocycles. The summed E-state index contributed by atoms with van der Waals surface area (Å²) >= 11 is 1.74. The number of thioether (sulfide) groups is 1. The summed E-state index contributed by atoms with van der Waals surface area (Å²) in [6.45, 7) is 7.46. The Morgan fingerprint density at radius 3 is 2.33 bits per heavy atom. The average molecular weight is 225 g/mol. The normalized spacial score (nSPS) is 13.1. The molecule has 3 nitrogen and oxygen atoms in total. The molecule has 1 heterocycles. The molecule has 1 unspecified atom stereocenters. The lowest BCUT2D eigenvalue weighted by molar-refractivity contribution is 0.640. The van der Waals surface area contributed by atoms with Crippen molar-refractivity contribution >= 4 is 11.8 Å². The second-order valence-electron chi connectivity index (χ2n) is 3.97. The van der Waals surface area contributed by atoms with E-state index in [0.717, 1.165) is 17.3 Å². The first kappa shape index (κ1) is 12.5. The third-order valence-electron chi connectivity index (χ3n) is 2.29. The first-order valence-corrected chi connectivity index (χ1v) is 6.13. The number of nitrogens with zero attached hydrogens (tertiary/aromatic N) is 2. The predicted molar refractivity (Wildman–Crippen MR) is 65.0 cm³/mol. The van der Waals surface area contributed by atoms with Crippen LogP contribution < -0.4 is 5.32 Å². The lowest BCUT2D eigenvalue weighted by Gasteiger charge is -2.13. The van der Waals surface area contributed by atoms with Gasteiger partial charge in [0, 0.05) is 29.8 Å². The van der Waals surface area contributed by atoms with Crippen molar-refractivity contribution in [1.29, 1.82) is 0 Å². The largest absolute Gasteiger partial charge is 0.316 e. The van der Waals surface area contributed by atoms with E-state index in [-0.39, 0.29) is 0 Å². The molecule has 0 amide bonds. The van der Waals surface area contributed by atoms with E-state index in [1.807, 2.05) is 19.4 Å². The molecule has 0 saturated carbocycles. The summed E-state index contributed by atoms with van der Waals surface area (Å²) in [5.41, 5.74) is 1.12. The van der Waals surface area contributed by atoms with E-state index in [9.17, 15) is 0 Å². The lowest BCUT2D eigenvalue weighted by Crippen LogP contribution is -2.08. The number of hydrogen-bond donors (Lipinski definition) is 1. The molecule has 0 fully saturated rings. The average Bonchev–Trinajstić information content (AvgIpc) is 2.21. The molecule has 0 radical (unpaired) electrons. The maximum absolute atomic E-state index is 4.33. The number of aromatic nitrogens is 2. The van der Waals surface area contributed by atoms with Crippen LogP contribution in [0.1, 0.15) is 26.3 Å². The van der Waals surface area contributed by atoms with Crippen molar-refractivity contribution in [1.82, 2.24) is 15.3 Å². The molecule has 0 aliphatic rings. The zero-order valence-corrected chi connectivity index (χ0v) is 10.6. The SMILES string of the molecule is CNCc1cnc(SC(C)C(C)C)nc1. The molecule has 4 heteroatoms. The van der Waals surface area contributed by atoms with Crippen LogP contribution in [0.15, 0.2) is 17.6 Å². The van der Waals surface area contributed by atoms with E-state index in [1.54, 1.807) is 11.8 Å². The summed E-state index contributed by atoms with van der Waals surface area (Å²) in [6.07, 6.45) is 3.78. The molecule has 15 heavy (non-hydrogen) atoms. The summed E-state index contributed by atoms with van der Waals surface area (Å²) in [6, 6.07) is 0. The van der Waals surface area contributed by atoms with Gasteiger partial charge in [0.25, 0.3) is 0 Å². The minimum absolute atomic E-state index is 0.556. The molecule has 0 aliphatic carbocycles. The van der Waals surface area contributed by atoms with Gasteiger partial charge in [-0.1, -0.05) is 32.5 Å². The lowest BCUT2D eigenvalue weighted by atomic mass is 10.2. The van der Waals surface area contributed by atoms with Gasteiger partial charge >= 0.3 is 0 Å². The van der Waals surface area contributed by atoms with Crippen molar-refractivity contribution in [3.05, 3.63) is 18.0 Å². The number of rotatable bonds is 5. The Labute approximate surface area is 96.1 Å². The van der Waals surface area contributed by atoms with E-state index >= 15 is 0 Å². The molecule has 1 atom stereocenters. The molecule has 84 valence electrons. The molecule has 1 aromatic heterocycles. The summed E-state index contributed by atoms with van der Waals surface area (Å²) < 4.78 is 0. The highest BCUT2D eigenvalue weighted by atomic mass is 32.2. The summed E-state index contributed by atoms with van der Waals surface area (Å²) in [7, 11) is 1.92. The van der Waals surface area contributed by atoms with Gasteiger partial charge in [-0.25, -0.2) is 9.97 Å². The molecule has 1 N–H and O–H groups in total. The molecule has 0 aromatic carbocycles. The minimum atomic E-state index is 0.556. The van der Waals surface area contributed by atoms with Crippen LogP contribution >= 0.6 is 11.8 Å². The van der Waals surface area contributed by atoms with Crippen LogP contribution in [0.3, 0.4) is 0 Å². The Hall–Kier alpha value is -0.610. The molecular formula is C11H19N3S. The Bertz CT molecular complexity index is 284. The second-order valence-corrected chi connectivity index (χ2v) is 5.32. The van der Waals surface area contributed by atoms with E-state index in [4.69, 9.17) is 0 Å². The Morgan fingerprint density at radius 2 is 1.87 bits per heavy atom. The molecule has 1 aromatic rings. The van der Waals surface area contributed by atoms with Gasteiger partial charge in [0.05, 0.1) is 0 Å². The minimum Gasteiger partial charge on any atom is -0.316 e. The van der Waals surface area contributed by atoms with Gasteiger partial charge in [-0.3, -0.25) is 0 Å². The van der Waals surface area contributed by atoms with Gasteiger partial charge in [-0.15, -0.1) is 0 Å². The van der Waals surface area contributed by atoms with Crippen molar-refractivity contribution in [2.75, 3.05) is 7.05 Å². The fraction of sp³-hybridized carbons (Fsp3) is 0.636. The fourth-order valence-corrected chi connectivity index (χ4v) is 1.83. The molecule has 0 spiro atoms. The van der Waals surface area contributed by atoms with Gasteiger partial charge in [-0.05, 0) is 13.0 Å². The third kappa shape index (κ3) is 4.18. The van der Waals surface area contributed by atoms with Crippen LogP contribution in [0.4, 0.5) is 0 Å². The van der Waals surface area contributed by atoms with E-state index in [2.05, 4.69) is 36.1 Å². The van der Waals surface area contributed by atoms with Crippen molar-refractivity contribution in [3.63, 3.8) is 0 Å². The van der Waals surface area contributed by atoms with Gasteiger partial charge in [0.2, 0.25) is 0 Å². The van der Waals surface area contributed by atoms with E-state index in [1.165, 1.54) is 0 Å². The highest BCUT2D eigenvalue weighted by Gasteiger charge is 2.10. The van der Waals surface area contributed by atoms with Crippen LogP contribution in [-0.2, 0) is 6.54 Å². The van der Waals surface area contributed by atoms with Crippen LogP contribution in [0.25, 0.3) is 0 Å². The first-order valence-electron chi connectivity index (χ1n) is 5.25. The molecular weight excluding hydrogens is 206 g/mol. The molecule has 1 rings (SSSR count). The standard InChI is InChI=1S/C11H19N3S/c1-8(2)9(3)15-11-13-6-10(5-12-4)7-14-11/h6-9,12H,5H2,1-4H3. The topological polar surface area (TPSA) is 37.8 Å². The molecule has 0 saturated heterocycles. The Balaban J connectivity index is 2.56. The fourth-order valence-electron chi connectivity index (χ4n) is 1.00. The highest BCUT2D eigenvalue weighted by Crippen LogP contribution is 2.24.